The third kappa shape index (κ3) is 5.40. The number of aliphatic hydroxyl groups excluding tert-OH is 1. The summed E-state index contributed by atoms with van der Waals surface area (Å²) in [4.78, 5) is 33.1. The van der Waals surface area contributed by atoms with Gasteiger partial charge in [-0.05, 0) is 88.1 Å². The van der Waals surface area contributed by atoms with Crippen LogP contribution in [0.2, 0.25) is 0 Å². The summed E-state index contributed by atoms with van der Waals surface area (Å²) >= 11 is 0. The molecule has 5 heterocycles. The fourth-order valence-electron chi connectivity index (χ4n) is 6.15. The molecular weight excluding hydrogens is 509 g/mol. The first-order valence-corrected chi connectivity index (χ1v) is 14.0. The van der Waals surface area contributed by atoms with Gasteiger partial charge in [0.1, 0.15) is 17.3 Å². The zero-order valence-corrected chi connectivity index (χ0v) is 22.8. The van der Waals surface area contributed by atoms with Crippen LogP contribution < -0.4 is 5.32 Å². The molecule has 1 aliphatic heterocycles. The Morgan fingerprint density at radius 2 is 1.70 bits per heavy atom. The van der Waals surface area contributed by atoms with Crippen molar-refractivity contribution < 1.29 is 14.3 Å². The lowest BCUT2D eigenvalue weighted by atomic mass is 9.89. The molecule has 0 radical (unpaired) electrons. The Bertz CT molecular complexity index is 1500. The minimum Gasteiger partial charge on any atom is -0.393 e. The largest absolute Gasteiger partial charge is 0.393 e. The van der Waals surface area contributed by atoms with Crippen LogP contribution in [0, 0.1) is 19.7 Å². The van der Waals surface area contributed by atoms with Gasteiger partial charge in [0.25, 0.3) is 5.91 Å². The lowest BCUT2D eigenvalue weighted by molar-refractivity contribution is 0.0712. The van der Waals surface area contributed by atoms with Gasteiger partial charge in [-0.15, -0.1) is 0 Å². The van der Waals surface area contributed by atoms with Gasteiger partial charge >= 0.3 is 0 Å². The van der Waals surface area contributed by atoms with E-state index in [4.69, 9.17) is 4.98 Å². The number of nitrogens with zero attached hydrogens (tertiary/aromatic N) is 6. The fourth-order valence-corrected chi connectivity index (χ4v) is 6.15. The third-order valence-corrected chi connectivity index (χ3v) is 8.18. The maximum absolute atomic E-state index is 13.3. The van der Waals surface area contributed by atoms with Crippen LogP contribution in [0.4, 0.5) is 16.2 Å². The number of piperidine rings is 1. The van der Waals surface area contributed by atoms with Crippen LogP contribution in [0.1, 0.15) is 77.8 Å². The second-order valence-corrected chi connectivity index (χ2v) is 11.1. The van der Waals surface area contributed by atoms with E-state index >= 15 is 0 Å². The molecule has 4 aromatic rings. The number of carbonyl (C=O) groups is 1. The average Bonchev–Trinajstić information content (AvgIpc) is 3.33. The first-order valence-electron chi connectivity index (χ1n) is 14.0. The molecule has 1 aliphatic carbocycles. The molecule has 208 valence electrons. The van der Waals surface area contributed by atoms with Crippen molar-refractivity contribution in [3.05, 3.63) is 71.2 Å². The number of aliphatic hydroxyl groups is 1. The predicted molar refractivity (Wildman–Crippen MR) is 150 cm³/mol. The van der Waals surface area contributed by atoms with Crippen molar-refractivity contribution in [2.24, 2.45) is 0 Å². The number of rotatable bonds is 5. The maximum Gasteiger partial charge on any atom is 0.253 e. The Hall–Kier alpha value is -3.92. The van der Waals surface area contributed by atoms with Gasteiger partial charge in [0.05, 0.1) is 12.3 Å². The van der Waals surface area contributed by atoms with Gasteiger partial charge in [0.2, 0.25) is 5.95 Å². The highest BCUT2D eigenvalue weighted by Crippen LogP contribution is 2.38. The number of likely N-dealkylation sites (tertiary alicyclic amines) is 1. The van der Waals surface area contributed by atoms with Crippen molar-refractivity contribution in [3.63, 3.8) is 0 Å². The summed E-state index contributed by atoms with van der Waals surface area (Å²) in [7, 11) is 0. The molecule has 1 amide bonds. The van der Waals surface area contributed by atoms with E-state index in [0.717, 1.165) is 67.1 Å². The second kappa shape index (κ2) is 10.9. The Kier molecular flexibility index (Phi) is 7.18. The van der Waals surface area contributed by atoms with Gasteiger partial charge in [-0.2, -0.15) is 4.98 Å². The maximum atomic E-state index is 13.3. The van der Waals surface area contributed by atoms with Gasteiger partial charge < -0.3 is 19.9 Å². The summed E-state index contributed by atoms with van der Waals surface area (Å²) in [5.74, 6) is 0.805. The molecule has 0 unspecified atom stereocenters. The number of nitrogens with one attached hydrogen (secondary N) is 1. The van der Waals surface area contributed by atoms with Gasteiger partial charge in [0.15, 0.2) is 0 Å². The van der Waals surface area contributed by atoms with Gasteiger partial charge in [0, 0.05) is 53.9 Å². The lowest BCUT2D eigenvalue weighted by Gasteiger charge is -2.32. The molecule has 1 saturated carbocycles. The topological polar surface area (TPSA) is 109 Å². The second-order valence-electron chi connectivity index (χ2n) is 11.1. The van der Waals surface area contributed by atoms with E-state index in [1.807, 2.05) is 37.1 Å². The Labute approximate surface area is 232 Å². The van der Waals surface area contributed by atoms with E-state index in [-0.39, 0.29) is 24.0 Å². The highest BCUT2D eigenvalue weighted by molar-refractivity contribution is 5.94. The van der Waals surface area contributed by atoms with Gasteiger partial charge in [-0.3, -0.25) is 9.78 Å². The first-order chi connectivity index (χ1) is 19.3. The van der Waals surface area contributed by atoms with E-state index in [9.17, 15) is 14.3 Å². The van der Waals surface area contributed by atoms with Crippen molar-refractivity contribution in [2.75, 3.05) is 18.4 Å². The zero-order chi connectivity index (χ0) is 27.8. The van der Waals surface area contributed by atoms with Gasteiger partial charge in [-0.25, -0.2) is 14.4 Å². The monoisotopic (exact) mass is 543 g/mol. The van der Waals surface area contributed by atoms with E-state index in [1.165, 1.54) is 11.6 Å². The summed E-state index contributed by atoms with van der Waals surface area (Å²) in [6, 6.07) is 6.86. The molecule has 6 rings (SSSR count). The number of aryl methyl sites for hydroxylation is 2. The molecule has 0 spiro atoms. The predicted octanol–water partition coefficient (Wildman–Crippen LogP) is 5.22. The number of hydrogen-bond acceptors (Lipinski definition) is 7. The van der Waals surface area contributed by atoms with Crippen LogP contribution in [0.3, 0.4) is 0 Å². The molecule has 2 fully saturated rings. The van der Waals surface area contributed by atoms with Crippen LogP contribution >= 0.6 is 0 Å². The summed E-state index contributed by atoms with van der Waals surface area (Å²) < 4.78 is 15.6. The number of pyridine rings is 2. The normalized spacial score (nSPS) is 20.1. The van der Waals surface area contributed by atoms with Crippen molar-refractivity contribution >= 4 is 28.7 Å². The molecule has 0 aromatic carbocycles. The van der Waals surface area contributed by atoms with Crippen molar-refractivity contribution in [1.29, 1.82) is 0 Å². The quantitative estimate of drug-likeness (QED) is 0.355. The van der Waals surface area contributed by atoms with E-state index in [2.05, 4.69) is 31.0 Å². The molecule has 2 aliphatic rings. The van der Waals surface area contributed by atoms with Crippen LogP contribution in [-0.4, -0.2) is 59.6 Å². The SMILES string of the molecule is Cc1cc(C(=O)N2CCC(c3cn(C4CCC(O)CC4)c4nc(Nc5ccc(F)cn5)ncc34)CC2)cc(C)n1. The molecule has 2 N–H and O–H groups in total. The average molecular weight is 544 g/mol. The van der Waals surface area contributed by atoms with Crippen LogP contribution in [0.15, 0.2) is 42.9 Å². The Morgan fingerprint density at radius 1 is 0.975 bits per heavy atom. The van der Waals surface area contributed by atoms with Crippen molar-refractivity contribution in [2.45, 2.75) is 70.4 Å². The molecule has 0 bridgehead atoms. The zero-order valence-electron chi connectivity index (χ0n) is 22.8. The number of amides is 1. The van der Waals surface area contributed by atoms with Crippen molar-refractivity contribution in [1.82, 2.24) is 29.4 Å². The Balaban J connectivity index is 1.26. The third-order valence-electron chi connectivity index (χ3n) is 8.18. The molecule has 1 saturated heterocycles. The summed E-state index contributed by atoms with van der Waals surface area (Å²) in [6.07, 6.45) is 10.0. The smallest absolute Gasteiger partial charge is 0.253 e. The highest BCUT2D eigenvalue weighted by Gasteiger charge is 2.30. The minimum atomic E-state index is -0.404. The molecule has 40 heavy (non-hydrogen) atoms. The van der Waals surface area contributed by atoms with Crippen molar-refractivity contribution in [3.8, 4) is 0 Å². The summed E-state index contributed by atoms with van der Waals surface area (Å²) in [6.45, 7) is 5.20. The standard InChI is InChI=1S/C30H34FN7O2/c1-18-13-21(14-19(2)34-18)29(40)37-11-9-20(10-12-37)26-17-38(23-4-6-24(39)7-5-23)28-25(26)16-33-30(36-28)35-27-8-3-22(31)15-32-27/h3,8,13-17,20,23-24,39H,4-7,9-12H2,1-2H3,(H,32,33,35,36). The number of halogens is 1. The number of carbonyl (C=O) groups excluding carboxylic acids is 1. The van der Waals surface area contributed by atoms with Crippen LogP contribution in [0.25, 0.3) is 11.0 Å². The fraction of sp³-hybridized carbons (Fsp3) is 0.433. The number of fused-ring (bicyclic) bond motifs is 1. The minimum absolute atomic E-state index is 0.0590. The molecule has 9 nitrogen and oxygen atoms in total. The van der Waals surface area contributed by atoms with Gasteiger partial charge in [-0.1, -0.05) is 0 Å². The van der Waals surface area contributed by atoms with Crippen LogP contribution in [-0.2, 0) is 0 Å². The number of anilines is 2. The summed E-state index contributed by atoms with van der Waals surface area (Å²) in [5.41, 5.74) is 4.45. The summed E-state index contributed by atoms with van der Waals surface area (Å²) in [5, 5.41) is 14.2. The molecule has 0 atom stereocenters. The highest BCUT2D eigenvalue weighted by atomic mass is 19.1. The molecule has 10 heteroatoms. The van der Waals surface area contributed by atoms with E-state index in [0.29, 0.717) is 30.4 Å². The Morgan fingerprint density at radius 3 is 2.38 bits per heavy atom. The first kappa shape index (κ1) is 26.3. The lowest BCUT2D eigenvalue weighted by Crippen LogP contribution is -2.38. The molecule has 4 aromatic heterocycles. The number of hydrogen-bond donors (Lipinski definition) is 2. The molecular formula is C30H34FN7O2. The van der Waals surface area contributed by atoms with E-state index in [1.54, 1.807) is 6.07 Å². The number of aromatic nitrogens is 5. The van der Waals surface area contributed by atoms with Crippen LogP contribution in [0.5, 0.6) is 0 Å². The van der Waals surface area contributed by atoms with E-state index < -0.39 is 5.82 Å².